The number of hydrogen-bond donors (Lipinski definition) is 3. The third-order valence-corrected chi connectivity index (χ3v) is 3.47. The van der Waals surface area contributed by atoms with E-state index in [0.29, 0.717) is 24.7 Å². The van der Waals surface area contributed by atoms with Crippen molar-refractivity contribution in [3.05, 3.63) is 11.7 Å². The van der Waals surface area contributed by atoms with Gasteiger partial charge >= 0.3 is 12.0 Å². The van der Waals surface area contributed by atoms with Crippen molar-refractivity contribution in [2.45, 2.75) is 32.7 Å². The molecule has 0 saturated heterocycles. The van der Waals surface area contributed by atoms with Crippen LogP contribution in [0, 0.1) is 18.8 Å². The molecule has 1 aliphatic carbocycles. The van der Waals surface area contributed by atoms with Crippen LogP contribution >= 0.6 is 0 Å². The Balaban J connectivity index is 1.71. The average Bonchev–Trinajstić information content (AvgIpc) is 3.02. The van der Waals surface area contributed by atoms with Gasteiger partial charge in [-0.3, -0.25) is 4.79 Å². The zero-order valence-corrected chi connectivity index (χ0v) is 11.3. The summed E-state index contributed by atoms with van der Waals surface area (Å²) in [5.74, 6) is -0.284. The Labute approximate surface area is 115 Å². The highest BCUT2D eigenvalue weighted by Crippen LogP contribution is 2.31. The van der Waals surface area contributed by atoms with E-state index in [9.17, 15) is 9.59 Å². The molecule has 1 aromatic rings. The molecule has 1 aromatic heterocycles. The van der Waals surface area contributed by atoms with Gasteiger partial charge in [-0.15, -0.1) is 0 Å². The van der Waals surface area contributed by atoms with Crippen LogP contribution in [-0.4, -0.2) is 33.8 Å². The molecule has 1 fully saturated rings. The molecule has 1 aliphatic rings. The predicted molar refractivity (Wildman–Crippen MR) is 67.7 cm³/mol. The van der Waals surface area contributed by atoms with E-state index in [4.69, 9.17) is 9.63 Å². The number of carbonyl (C=O) groups is 2. The normalized spacial score (nSPS) is 21.6. The molecule has 2 unspecified atom stereocenters. The summed E-state index contributed by atoms with van der Waals surface area (Å²) in [6.07, 6.45) is 2.41. The van der Waals surface area contributed by atoms with E-state index in [1.165, 1.54) is 0 Å². The fraction of sp³-hybridized carbons (Fsp3) is 0.667. The van der Waals surface area contributed by atoms with Crippen LogP contribution in [0.15, 0.2) is 4.52 Å². The molecule has 0 bridgehead atoms. The highest BCUT2D eigenvalue weighted by Gasteiger charge is 2.32. The Morgan fingerprint density at radius 1 is 1.40 bits per heavy atom. The van der Waals surface area contributed by atoms with Gasteiger partial charge in [-0.25, -0.2) is 4.79 Å². The lowest BCUT2D eigenvalue weighted by atomic mass is 9.96. The van der Waals surface area contributed by atoms with Crippen LogP contribution in [0.3, 0.4) is 0 Å². The van der Waals surface area contributed by atoms with E-state index in [0.717, 1.165) is 12.8 Å². The highest BCUT2D eigenvalue weighted by atomic mass is 16.5. The molecule has 0 spiro atoms. The Hall–Kier alpha value is -2.12. The summed E-state index contributed by atoms with van der Waals surface area (Å²) in [4.78, 5) is 26.6. The van der Waals surface area contributed by atoms with Crippen molar-refractivity contribution in [1.82, 2.24) is 20.8 Å². The summed E-state index contributed by atoms with van der Waals surface area (Å²) in [5, 5.41) is 17.9. The molecular formula is C12H18N4O4. The third-order valence-electron chi connectivity index (χ3n) is 3.47. The summed E-state index contributed by atoms with van der Waals surface area (Å²) < 4.78 is 4.86. The number of amides is 2. The lowest BCUT2D eigenvalue weighted by molar-refractivity contribution is -0.142. The first-order valence-electron chi connectivity index (χ1n) is 6.60. The SMILES string of the molecule is Cc1noc(CNC(=O)NCC2CCCC2C(=O)O)n1. The van der Waals surface area contributed by atoms with E-state index >= 15 is 0 Å². The van der Waals surface area contributed by atoms with E-state index < -0.39 is 5.97 Å². The van der Waals surface area contributed by atoms with Gasteiger partial charge in [0.25, 0.3) is 0 Å². The number of aliphatic carboxylic acids is 1. The van der Waals surface area contributed by atoms with Crippen LogP contribution in [0.5, 0.6) is 0 Å². The Morgan fingerprint density at radius 2 is 2.20 bits per heavy atom. The average molecular weight is 282 g/mol. The minimum Gasteiger partial charge on any atom is -0.481 e. The number of nitrogens with one attached hydrogen (secondary N) is 2. The summed E-state index contributed by atoms with van der Waals surface area (Å²) in [5.41, 5.74) is 0. The highest BCUT2D eigenvalue weighted by molar-refractivity contribution is 5.74. The van der Waals surface area contributed by atoms with Gasteiger partial charge in [-0.2, -0.15) is 4.98 Å². The van der Waals surface area contributed by atoms with Gasteiger partial charge in [0, 0.05) is 6.54 Å². The molecule has 20 heavy (non-hydrogen) atoms. The van der Waals surface area contributed by atoms with Crippen molar-refractivity contribution >= 4 is 12.0 Å². The minimum atomic E-state index is -0.781. The number of hydrogen-bond acceptors (Lipinski definition) is 5. The fourth-order valence-electron chi connectivity index (χ4n) is 2.46. The Kier molecular flexibility index (Phi) is 4.54. The first-order valence-corrected chi connectivity index (χ1v) is 6.60. The van der Waals surface area contributed by atoms with E-state index in [1.54, 1.807) is 6.92 Å². The maximum atomic E-state index is 11.6. The monoisotopic (exact) mass is 282 g/mol. The van der Waals surface area contributed by atoms with Crippen molar-refractivity contribution in [3.63, 3.8) is 0 Å². The van der Waals surface area contributed by atoms with Gasteiger partial charge in [0.15, 0.2) is 5.82 Å². The van der Waals surface area contributed by atoms with E-state index in [2.05, 4.69) is 20.8 Å². The molecule has 1 saturated carbocycles. The van der Waals surface area contributed by atoms with Crippen LogP contribution in [0.4, 0.5) is 4.79 Å². The molecule has 2 atom stereocenters. The number of aromatic nitrogens is 2. The smallest absolute Gasteiger partial charge is 0.315 e. The zero-order valence-electron chi connectivity index (χ0n) is 11.3. The summed E-state index contributed by atoms with van der Waals surface area (Å²) in [6.45, 7) is 2.21. The first-order chi connectivity index (χ1) is 9.56. The van der Waals surface area contributed by atoms with Crippen molar-refractivity contribution in [1.29, 1.82) is 0 Å². The zero-order chi connectivity index (χ0) is 14.5. The second-order valence-electron chi connectivity index (χ2n) is 4.93. The number of aryl methyl sites for hydroxylation is 1. The molecule has 1 heterocycles. The fourth-order valence-corrected chi connectivity index (χ4v) is 2.46. The van der Waals surface area contributed by atoms with E-state index in [1.807, 2.05) is 0 Å². The predicted octanol–water partition coefficient (Wildman–Crippen LogP) is 0.678. The number of carboxylic acid groups (broad SMARTS) is 1. The largest absolute Gasteiger partial charge is 0.481 e. The molecule has 3 N–H and O–H groups in total. The van der Waals surface area contributed by atoms with Gasteiger partial charge in [0.1, 0.15) is 0 Å². The van der Waals surface area contributed by atoms with Gasteiger partial charge in [-0.05, 0) is 25.7 Å². The minimum absolute atomic E-state index is 0.00361. The lowest BCUT2D eigenvalue weighted by Gasteiger charge is -2.16. The molecule has 110 valence electrons. The van der Waals surface area contributed by atoms with Crippen LogP contribution in [0.1, 0.15) is 31.0 Å². The van der Waals surface area contributed by atoms with Crippen LogP contribution < -0.4 is 10.6 Å². The second-order valence-corrected chi connectivity index (χ2v) is 4.93. The van der Waals surface area contributed by atoms with Crippen LogP contribution in [-0.2, 0) is 11.3 Å². The molecule has 0 aromatic carbocycles. The quantitative estimate of drug-likeness (QED) is 0.731. The van der Waals surface area contributed by atoms with Gasteiger partial charge in [-0.1, -0.05) is 11.6 Å². The maximum Gasteiger partial charge on any atom is 0.315 e. The lowest BCUT2D eigenvalue weighted by Crippen LogP contribution is -2.39. The topological polar surface area (TPSA) is 117 Å². The molecule has 0 aliphatic heterocycles. The van der Waals surface area contributed by atoms with E-state index in [-0.39, 0.29) is 24.4 Å². The maximum absolute atomic E-state index is 11.6. The number of carboxylic acids is 1. The standard InChI is InChI=1S/C12H18N4O4/c1-7-15-10(20-16-7)6-14-12(19)13-5-8-3-2-4-9(8)11(17)18/h8-9H,2-6H2,1H3,(H,17,18)(H2,13,14,19). The summed E-state index contributed by atoms with van der Waals surface area (Å²) in [7, 11) is 0. The third kappa shape index (κ3) is 3.69. The van der Waals surface area contributed by atoms with Crippen molar-refractivity contribution in [2.24, 2.45) is 11.8 Å². The molecule has 8 nitrogen and oxygen atoms in total. The molecular weight excluding hydrogens is 264 g/mol. The number of rotatable bonds is 5. The molecule has 2 amide bonds. The van der Waals surface area contributed by atoms with Crippen LogP contribution in [0.2, 0.25) is 0 Å². The summed E-state index contributed by atoms with van der Waals surface area (Å²) in [6, 6.07) is -0.364. The van der Waals surface area contributed by atoms with Crippen LogP contribution in [0.25, 0.3) is 0 Å². The number of urea groups is 1. The van der Waals surface area contributed by atoms with Crippen molar-refractivity contribution in [3.8, 4) is 0 Å². The molecule has 0 radical (unpaired) electrons. The Morgan fingerprint density at radius 3 is 2.85 bits per heavy atom. The van der Waals surface area contributed by atoms with Gasteiger partial charge in [0.05, 0.1) is 12.5 Å². The Bertz CT molecular complexity index is 488. The number of nitrogens with zero attached hydrogens (tertiary/aromatic N) is 2. The van der Waals surface area contributed by atoms with Crippen molar-refractivity contribution in [2.75, 3.05) is 6.54 Å². The number of carbonyl (C=O) groups excluding carboxylic acids is 1. The summed E-state index contributed by atoms with van der Waals surface area (Å²) >= 11 is 0. The second kappa shape index (κ2) is 6.36. The first kappa shape index (κ1) is 14.3. The van der Waals surface area contributed by atoms with Gasteiger partial charge in [0.2, 0.25) is 5.89 Å². The molecule has 8 heteroatoms. The van der Waals surface area contributed by atoms with Gasteiger partial charge < -0.3 is 20.3 Å². The molecule has 2 rings (SSSR count). The van der Waals surface area contributed by atoms with Crippen molar-refractivity contribution < 1.29 is 19.2 Å².